The van der Waals surface area contributed by atoms with Crippen LogP contribution in [-0.2, 0) is 4.79 Å². The molecule has 0 spiro atoms. The zero-order chi connectivity index (χ0) is 9.42. The second-order valence-electron chi connectivity index (χ2n) is 3.61. The molecule has 2 unspecified atom stereocenters. The lowest BCUT2D eigenvalue weighted by Gasteiger charge is -1.97. The lowest BCUT2D eigenvalue weighted by atomic mass is 10.1. The van der Waals surface area contributed by atoms with Gasteiger partial charge in [0.1, 0.15) is 11.6 Å². The summed E-state index contributed by atoms with van der Waals surface area (Å²) in [5, 5.41) is 0. The second-order valence-corrected chi connectivity index (χ2v) is 3.61. The van der Waals surface area contributed by atoms with Gasteiger partial charge in [-0.2, -0.15) is 0 Å². The zero-order valence-electron chi connectivity index (χ0n) is 7.46. The molecule has 68 valence electrons. The third-order valence-electron chi connectivity index (χ3n) is 2.59. The van der Waals surface area contributed by atoms with Crippen molar-refractivity contribution in [3.05, 3.63) is 35.6 Å². The van der Waals surface area contributed by atoms with Crippen LogP contribution in [-0.4, -0.2) is 5.78 Å². The van der Waals surface area contributed by atoms with Crippen LogP contribution in [0.3, 0.4) is 0 Å². The molecule has 2 atom stereocenters. The van der Waals surface area contributed by atoms with E-state index >= 15 is 0 Å². The molecule has 0 N–H and O–H groups in total. The van der Waals surface area contributed by atoms with Gasteiger partial charge in [0.25, 0.3) is 0 Å². The summed E-state index contributed by atoms with van der Waals surface area (Å²) in [4.78, 5) is 11.0. The largest absolute Gasteiger partial charge is 0.300 e. The van der Waals surface area contributed by atoms with E-state index in [1.54, 1.807) is 13.0 Å². The van der Waals surface area contributed by atoms with Gasteiger partial charge < -0.3 is 0 Å². The van der Waals surface area contributed by atoms with Crippen LogP contribution in [0.25, 0.3) is 0 Å². The van der Waals surface area contributed by atoms with Crippen LogP contribution >= 0.6 is 0 Å². The van der Waals surface area contributed by atoms with Crippen LogP contribution in [0.15, 0.2) is 24.3 Å². The Hall–Kier alpha value is -1.18. The summed E-state index contributed by atoms with van der Waals surface area (Å²) >= 11 is 0. The summed E-state index contributed by atoms with van der Waals surface area (Å²) in [5.41, 5.74) is 0.959. The third kappa shape index (κ3) is 1.62. The molecule has 1 fully saturated rings. The smallest absolute Gasteiger partial charge is 0.133 e. The van der Waals surface area contributed by atoms with Gasteiger partial charge in [0.2, 0.25) is 0 Å². The Morgan fingerprint density at radius 2 is 2.31 bits per heavy atom. The van der Waals surface area contributed by atoms with Crippen LogP contribution < -0.4 is 0 Å². The minimum atomic E-state index is -0.216. The Morgan fingerprint density at radius 3 is 2.85 bits per heavy atom. The number of hydrogen-bond donors (Lipinski definition) is 0. The van der Waals surface area contributed by atoms with Crippen molar-refractivity contribution in [2.45, 2.75) is 19.3 Å². The molecular formula is C11H11FO. The molecule has 0 saturated heterocycles. The minimum absolute atomic E-state index is 0.141. The van der Waals surface area contributed by atoms with E-state index < -0.39 is 0 Å². The van der Waals surface area contributed by atoms with E-state index in [2.05, 4.69) is 0 Å². The Bertz CT molecular complexity index is 346. The van der Waals surface area contributed by atoms with Gasteiger partial charge in [-0.25, -0.2) is 4.39 Å². The van der Waals surface area contributed by atoms with Crippen molar-refractivity contribution in [2.75, 3.05) is 0 Å². The summed E-state index contributed by atoms with van der Waals surface area (Å²) in [6.45, 7) is 1.60. The summed E-state index contributed by atoms with van der Waals surface area (Å²) in [7, 11) is 0. The highest BCUT2D eigenvalue weighted by atomic mass is 19.1. The van der Waals surface area contributed by atoms with Crippen molar-refractivity contribution in [1.29, 1.82) is 0 Å². The van der Waals surface area contributed by atoms with E-state index in [9.17, 15) is 9.18 Å². The Balaban J connectivity index is 2.16. The van der Waals surface area contributed by atoms with Crippen LogP contribution in [0.4, 0.5) is 4.39 Å². The molecule has 13 heavy (non-hydrogen) atoms. The van der Waals surface area contributed by atoms with Gasteiger partial charge in [-0.1, -0.05) is 12.1 Å². The van der Waals surface area contributed by atoms with Gasteiger partial charge in [0, 0.05) is 5.92 Å². The van der Waals surface area contributed by atoms with Gasteiger partial charge in [-0.3, -0.25) is 4.79 Å². The second kappa shape index (κ2) is 2.95. The number of benzene rings is 1. The fourth-order valence-corrected chi connectivity index (χ4v) is 1.75. The molecular weight excluding hydrogens is 167 g/mol. The Morgan fingerprint density at radius 1 is 1.54 bits per heavy atom. The molecule has 2 rings (SSSR count). The standard InChI is InChI=1S/C11H11FO/c1-7(13)10-6-11(10)8-3-2-4-9(12)5-8/h2-5,10-11H,6H2,1H3. The maximum atomic E-state index is 12.8. The average Bonchev–Trinajstić information content (AvgIpc) is 2.82. The lowest BCUT2D eigenvalue weighted by Crippen LogP contribution is -1.94. The highest BCUT2D eigenvalue weighted by molar-refractivity contribution is 5.82. The summed E-state index contributed by atoms with van der Waals surface area (Å²) in [5.74, 6) is 0.413. The van der Waals surface area contributed by atoms with Gasteiger partial charge in [-0.15, -0.1) is 0 Å². The lowest BCUT2D eigenvalue weighted by molar-refractivity contribution is -0.118. The molecule has 0 aliphatic heterocycles. The van der Waals surface area contributed by atoms with Gasteiger partial charge >= 0.3 is 0 Å². The first-order valence-electron chi connectivity index (χ1n) is 4.44. The number of carbonyl (C=O) groups excluding carboxylic acids is 1. The quantitative estimate of drug-likeness (QED) is 0.680. The number of rotatable bonds is 2. The summed E-state index contributed by atoms with van der Waals surface area (Å²) in [6.07, 6.45) is 0.888. The molecule has 0 aromatic heterocycles. The van der Waals surface area contributed by atoms with E-state index in [1.807, 2.05) is 6.07 Å². The number of Topliss-reactive ketones (excluding diaryl/α,β-unsaturated/α-hetero) is 1. The van der Waals surface area contributed by atoms with Crippen LogP contribution in [0.5, 0.6) is 0 Å². The first-order valence-corrected chi connectivity index (χ1v) is 4.44. The molecule has 1 saturated carbocycles. The van der Waals surface area contributed by atoms with E-state index in [-0.39, 0.29) is 23.4 Å². The monoisotopic (exact) mass is 178 g/mol. The number of halogens is 1. The predicted octanol–water partition coefficient (Wildman–Crippen LogP) is 2.52. The highest BCUT2D eigenvalue weighted by Crippen LogP contribution is 2.47. The maximum absolute atomic E-state index is 12.8. The van der Waals surface area contributed by atoms with Crippen molar-refractivity contribution in [3.63, 3.8) is 0 Å². The van der Waals surface area contributed by atoms with Gasteiger partial charge in [0.15, 0.2) is 0 Å². The fraction of sp³-hybridized carbons (Fsp3) is 0.364. The van der Waals surface area contributed by atoms with Crippen molar-refractivity contribution in [3.8, 4) is 0 Å². The average molecular weight is 178 g/mol. The summed E-state index contributed by atoms with van der Waals surface area (Å²) < 4.78 is 12.8. The SMILES string of the molecule is CC(=O)C1CC1c1cccc(F)c1. The fourth-order valence-electron chi connectivity index (χ4n) is 1.75. The molecule has 1 aliphatic rings. The Labute approximate surface area is 76.6 Å². The molecule has 0 bridgehead atoms. The molecule has 1 nitrogen and oxygen atoms in total. The third-order valence-corrected chi connectivity index (χ3v) is 2.59. The zero-order valence-corrected chi connectivity index (χ0v) is 7.46. The number of hydrogen-bond acceptors (Lipinski definition) is 1. The molecule has 0 heterocycles. The van der Waals surface area contributed by atoms with Crippen molar-refractivity contribution in [2.24, 2.45) is 5.92 Å². The van der Waals surface area contributed by atoms with Gasteiger partial charge in [-0.05, 0) is 37.0 Å². The van der Waals surface area contributed by atoms with E-state index in [0.29, 0.717) is 0 Å². The maximum Gasteiger partial charge on any atom is 0.133 e. The highest BCUT2D eigenvalue weighted by Gasteiger charge is 2.41. The first-order chi connectivity index (χ1) is 6.18. The minimum Gasteiger partial charge on any atom is -0.300 e. The van der Waals surface area contributed by atoms with Crippen molar-refractivity contribution in [1.82, 2.24) is 0 Å². The first kappa shape index (κ1) is 8.42. The van der Waals surface area contributed by atoms with Crippen LogP contribution in [0, 0.1) is 11.7 Å². The van der Waals surface area contributed by atoms with Crippen LogP contribution in [0.1, 0.15) is 24.8 Å². The van der Waals surface area contributed by atoms with E-state index in [0.717, 1.165) is 12.0 Å². The Kier molecular flexibility index (Phi) is 1.91. The number of carbonyl (C=O) groups is 1. The van der Waals surface area contributed by atoms with Crippen molar-refractivity contribution < 1.29 is 9.18 Å². The van der Waals surface area contributed by atoms with Crippen LogP contribution in [0.2, 0.25) is 0 Å². The molecule has 1 aliphatic carbocycles. The molecule has 1 aromatic carbocycles. The predicted molar refractivity (Wildman–Crippen MR) is 47.9 cm³/mol. The molecule has 0 amide bonds. The topological polar surface area (TPSA) is 17.1 Å². The normalized spacial score (nSPS) is 25.7. The molecule has 2 heteroatoms. The van der Waals surface area contributed by atoms with Gasteiger partial charge in [0.05, 0.1) is 0 Å². The van der Waals surface area contributed by atoms with E-state index in [4.69, 9.17) is 0 Å². The van der Waals surface area contributed by atoms with E-state index in [1.165, 1.54) is 12.1 Å². The number of ketones is 1. The molecule has 1 aromatic rings. The summed E-state index contributed by atoms with van der Waals surface area (Å²) in [6, 6.07) is 6.53. The van der Waals surface area contributed by atoms with Crippen molar-refractivity contribution >= 4 is 5.78 Å². The molecule has 0 radical (unpaired) electrons.